The quantitative estimate of drug-likeness (QED) is 0.440. The number of hydrogen-bond donors (Lipinski definition) is 0. The van der Waals surface area contributed by atoms with E-state index >= 15 is 0 Å². The van der Waals surface area contributed by atoms with Crippen LogP contribution >= 0.6 is 15.9 Å². The van der Waals surface area contributed by atoms with Crippen molar-refractivity contribution in [1.29, 1.82) is 0 Å². The van der Waals surface area contributed by atoms with E-state index in [2.05, 4.69) is 15.9 Å². The van der Waals surface area contributed by atoms with Crippen molar-refractivity contribution in [2.75, 3.05) is 0 Å². The van der Waals surface area contributed by atoms with Crippen LogP contribution in [-0.4, -0.2) is 16.3 Å². The van der Waals surface area contributed by atoms with E-state index in [4.69, 9.17) is 0 Å². The second kappa shape index (κ2) is 4.00. The van der Waals surface area contributed by atoms with Crippen molar-refractivity contribution in [3.63, 3.8) is 0 Å². The van der Waals surface area contributed by atoms with Crippen molar-refractivity contribution >= 4 is 32.2 Å². The fourth-order valence-electron chi connectivity index (χ4n) is 2.05. The molecule has 1 aliphatic rings. The summed E-state index contributed by atoms with van der Waals surface area (Å²) in [6, 6.07) is 0. The highest BCUT2D eigenvalue weighted by molar-refractivity contribution is 9.19. The molecule has 0 saturated heterocycles. The third-order valence-electron chi connectivity index (χ3n) is 2.49. The standard InChI is InChI=1S/C11H13BrO3/c1-6-4-11(2,3)5-7(13)8(6)9(14)10(12)15/h4-5H2,1-3H3. The van der Waals surface area contributed by atoms with Crippen LogP contribution in [0.1, 0.15) is 33.6 Å². The fourth-order valence-corrected chi connectivity index (χ4v) is 2.25. The maximum atomic E-state index is 11.7. The summed E-state index contributed by atoms with van der Waals surface area (Å²) in [6.07, 6.45) is 1.01. The van der Waals surface area contributed by atoms with Gasteiger partial charge in [-0.05, 0) is 18.8 Å². The number of Topliss-reactive ketones (excluding diaryl/α,β-unsaturated/α-hetero) is 2. The molecule has 0 atom stereocenters. The smallest absolute Gasteiger partial charge is 0.268 e. The molecule has 0 aromatic rings. The van der Waals surface area contributed by atoms with Crippen LogP contribution in [0.25, 0.3) is 0 Å². The van der Waals surface area contributed by atoms with Crippen LogP contribution in [0.2, 0.25) is 0 Å². The van der Waals surface area contributed by atoms with Crippen LogP contribution in [-0.2, 0) is 14.4 Å². The Morgan fingerprint density at radius 3 is 2.20 bits per heavy atom. The first-order valence-corrected chi connectivity index (χ1v) is 5.51. The summed E-state index contributed by atoms with van der Waals surface area (Å²) in [4.78, 5) is 34.0. The molecule has 15 heavy (non-hydrogen) atoms. The molecule has 0 bridgehead atoms. The van der Waals surface area contributed by atoms with Crippen LogP contribution in [0.5, 0.6) is 0 Å². The molecule has 3 nitrogen and oxygen atoms in total. The van der Waals surface area contributed by atoms with Crippen molar-refractivity contribution in [1.82, 2.24) is 0 Å². The zero-order chi connectivity index (χ0) is 11.8. The third kappa shape index (κ3) is 2.62. The molecule has 0 heterocycles. The minimum atomic E-state index is -0.745. The van der Waals surface area contributed by atoms with Gasteiger partial charge in [0.2, 0.25) is 5.78 Å². The largest absolute Gasteiger partial charge is 0.294 e. The summed E-state index contributed by atoms with van der Waals surface area (Å²) in [5.41, 5.74) is 0.686. The summed E-state index contributed by atoms with van der Waals surface area (Å²) >= 11 is 2.58. The lowest BCUT2D eigenvalue weighted by molar-refractivity contribution is -0.131. The van der Waals surface area contributed by atoms with E-state index in [1.807, 2.05) is 13.8 Å². The minimum absolute atomic E-state index is 0.0798. The lowest BCUT2D eigenvalue weighted by atomic mass is 9.73. The number of rotatable bonds is 2. The van der Waals surface area contributed by atoms with Gasteiger partial charge in [-0.15, -0.1) is 0 Å². The predicted octanol–water partition coefficient (Wildman–Crippen LogP) is 2.18. The average Bonchev–Trinajstić information content (AvgIpc) is 1.99. The van der Waals surface area contributed by atoms with Crippen LogP contribution in [0.4, 0.5) is 0 Å². The minimum Gasteiger partial charge on any atom is -0.294 e. The number of halogens is 1. The van der Waals surface area contributed by atoms with E-state index in [9.17, 15) is 14.4 Å². The molecule has 0 aliphatic heterocycles. The van der Waals surface area contributed by atoms with E-state index in [-0.39, 0.29) is 16.8 Å². The summed E-state index contributed by atoms with van der Waals surface area (Å²) in [6.45, 7) is 5.69. The Labute approximate surface area is 97.0 Å². The highest BCUT2D eigenvalue weighted by atomic mass is 79.9. The van der Waals surface area contributed by atoms with Gasteiger partial charge in [0.15, 0.2) is 5.78 Å². The maximum absolute atomic E-state index is 11.7. The van der Waals surface area contributed by atoms with E-state index in [1.54, 1.807) is 6.92 Å². The predicted molar refractivity (Wildman–Crippen MR) is 59.7 cm³/mol. The molecular weight excluding hydrogens is 260 g/mol. The molecule has 0 aromatic heterocycles. The van der Waals surface area contributed by atoms with Crippen molar-refractivity contribution < 1.29 is 14.4 Å². The Balaban J connectivity index is 3.13. The summed E-state index contributed by atoms with van der Waals surface area (Å²) < 4.78 is -0.745. The van der Waals surface area contributed by atoms with E-state index in [0.29, 0.717) is 18.4 Å². The zero-order valence-corrected chi connectivity index (χ0v) is 10.6. The number of carbonyl (C=O) groups excluding carboxylic acids is 3. The molecule has 0 aromatic carbocycles. The topological polar surface area (TPSA) is 51.2 Å². The highest BCUT2D eigenvalue weighted by Crippen LogP contribution is 2.36. The molecule has 0 unspecified atom stereocenters. The Morgan fingerprint density at radius 2 is 1.80 bits per heavy atom. The van der Waals surface area contributed by atoms with Gasteiger partial charge in [-0.3, -0.25) is 14.4 Å². The molecular formula is C11H13BrO3. The molecule has 0 radical (unpaired) electrons. The van der Waals surface area contributed by atoms with Crippen LogP contribution in [0.3, 0.4) is 0 Å². The average molecular weight is 273 g/mol. The zero-order valence-electron chi connectivity index (χ0n) is 9.02. The van der Waals surface area contributed by atoms with Gasteiger partial charge >= 0.3 is 0 Å². The second-order valence-corrected chi connectivity index (χ2v) is 5.42. The van der Waals surface area contributed by atoms with Gasteiger partial charge < -0.3 is 0 Å². The van der Waals surface area contributed by atoms with Gasteiger partial charge in [0.05, 0.1) is 5.57 Å². The van der Waals surface area contributed by atoms with E-state index < -0.39 is 10.5 Å². The van der Waals surface area contributed by atoms with Crippen LogP contribution in [0, 0.1) is 5.41 Å². The highest BCUT2D eigenvalue weighted by Gasteiger charge is 2.35. The first-order valence-electron chi connectivity index (χ1n) is 4.72. The van der Waals surface area contributed by atoms with Crippen molar-refractivity contribution in [3.8, 4) is 0 Å². The lowest BCUT2D eigenvalue weighted by Gasteiger charge is -2.29. The number of allylic oxidation sites excluding steroid dienone is 2. The van der Waals surface area contributed by atoms with E-state index in [0.717, 1.165) is 0 Å². The van der Waals surface area contributed by atoms with Crippen molar-refractivity contribution in [2.45, 2.75) is 33.6 Å². The van der Waals surface area contributed by atoms with Crippen molar-refractivity contribution in [2.24, 2.45) is 5.41 Å². The summed E-state index contributed by atoms with van der Waals surface area (Å²) in [5.74, 6) is -0.936. The normalized spacial score (nSPS) is 20.4. The number of ketones is 2. The SMILES string of the molecule is CC1=C(C(=O)C(=O)Br)C(=O)CC(C)(C)C1. The van der Waals surface area contributed by atoms with Gasteiger partial charge in [0.25, 0.3) is 4.69 Å². The first kappa shape index (κ1) is 12.3. The van der Waals surface area contributed by atoms with Crippen LogP contribution in [0.15, 0.2) is 11.1 Å². The number of hydrogen-bond acceptors (Lipinski definition) is 3. The number of carbonyl (C=O) groups is 3. The maximum Gasteiger partial charge on any atom is 0.268 e. The molecule has 1 aliphatic carbocycles. The fraction of sp³-hybridized carbons (Fsp3) is 0.545. The van der Waals surface area contributed by atoms with Crippen molar-refractivity contribution in [3.05, 3.63) is 11.1 Å². The van der Waals surface area contributed by atoms with Gasteiger partial charge in [-0.2, -0.15) is 0 Å². The molecule has 0 amide bonds. The molecule has 1 rings (SSSR count). The van der Waals surface area contributed by atoms with Gasteiger partial charge in [-0.1, -0.05) is 19.4 Å². The monoisotopic (exact) mass is 272 g/mol. The summed E-state index contributed by atoms with van der Waals surface area (Å²) in [5, 5.41) is 0. The van der Waals surface area contributed by atoms with Gasteiger partial charge in [0.1, 0.15) is 0 Å². The molecule has 4 heteroatoms. The Hall–Kier alpha value is -0.770. The second-order valence-electron chi connectivity index (χ2n) is 4.70. The first-order chi connectivity index (χ1) is 6.74. The molecule has 0 N–H and O–H groups in total. The Kier molecular flexibility index (Phi) is 3.28. The van der Waals surface area contributed by atoms with E-state index in [1.165, 1.54) is 0 Å². The van der Waals surface area contributed by atoms with Crippen LogP contribution < -0.4 is 0 Å². The molecule has 82 valence electrons. The Morgan fingerprint density at radius 1 is 1.27 bits per heavy atom. The molecule has 0 saturated carbocycles. The third-order valence-corrected chi connectivity index (χ3v) is 2.85. The Bertz CT molecular complexity index is 377. The van der Waals surface area contributed by atoms with Gasteiger partial charge in [0, 0.05) is 22.4 Å². The lowest BCUT2D eigenvalue weighted by Crippen LogP contribution is -2.30. The molecule has 0 fully saturated rings. The molecule has 0 spiro atoms. The van der Waals surface area contributed by atoms with Gasteiger partial charge in [-0.25, -0.2) is 0 Å². The summed E-state index contributed by atoms with van der Waals surface area (Å²) in [7, 11) is 0.